The van der Waals surface area contributed by atoms with Gasteiger partial charge in [-0.2, -0.15) is 0 Å². The molecule has 3 atom stereocenters. The monoisotopic (exact) mass is 518 g/mol. The molecule has 2 aromatic rings. The Morgan fingerprint density at radius 2 is 1.94 bits per heavy atom. The number of aliphatic hydroxyl groups excluding tert-OH is 1. The summed E-state index contributed by atoms with van der Waals surface area (Å²) in [5.74, 6) is -0.747. The van der Waals surface area contributed by atoms with E-state index in [0.29, 0.717) is 31.9 Å². The number of aromatic nitrogens is 1. The molecule has 0 saturated heterocycles. The molecule has 3 rings (SSSR count). The first-order valence-corrected chi connectivity index (χ1v) is 16.4. The summed E-state index contributed by atoms with van der Waals surface area (Å²) in [6, 6.07) is 11.2. The van der Waals surface area contributed by atoms with Gasteiger partial charge >= 0.3 is 0 Å². The lowest BCUT2D eigenvalue weighted by Gasteiger charge is -2.33. The number of nitrogens with one attached hydrogen (secondary N) is 1. The van der Waals surface area contributed by atoms with Gasteiger partial charge in [0.2, 0.25) is 5.91 Å². The average molecular weight is 519 g/mol. The first kappa shape index (κ1) is 28.6. The fourth-order valence-electron chi connectivity index (χ4n) is 4.48. The van der Waals surface area contributed by atoms with Gasteiger partial charge in [-0.15, -0.1) is 0 Å². The van der Waals surface area contributed by atoms with E-state index < -0.39 is 32.5 Å². The molecule has 0 aliphatic heterocycles. The Kier molecular flexibility index (Phi) is 10.3. The maximum Gasteiger partial charge on any atom is 0.229 e. The lowest BCUT2D eigenvalue weighted by Crippen LogP contribution is -2.45. The molecule has 200 valence electrons. The molecule has 0 fully saturated rings. The summed E-state index contributed by atoms with van der Waals surface area (Å²) in [6.07, 6.45) is 0.455. The van der Waals surface area contributed by atoms with E-state index in [-0.39, 0.29) is 12.5 Å². The number of rotatable bonds is 13. The molecule has 0 saturated carbocycles. The highest BCUT2D eigenvalue weighted by molar-refractivity contribution is 6.76. The summed E-state index contributed by atoms with van der Waals surface area (Å²) in [6.45, 7) is 10.6. The molecule has 1 amide bonds. The Hall–Kier alpha value is -2.01. The Morgan fingerprint density at radius 3 is 2.61 bits per heavy atom. The molecule has 0 bridgehead atoms. The summed E-state index contributed by atoms with van der Waals surface area (Å²) < 4.78 is 24.5. The van der Waals surface area contributed by atoms with Crippen molar-refractivity contribution in [1.82, 2.24) is 9.88 Å². The van der Waals surface area contributed by atoms with Gasteiger partial charge in [0.05, 0.1) is 30.2 Å². The number of aliphatic hydroxyl groups is 1. The summed E-state index contributed by atoms with van der Waals surface area (Å²) >= 11 is 0. The second-order valence-electron chi connectivity index (χ2n) is 10.4. The first-order chi connectivity index (χ1) is 17.2. The van der Waals surface area contributed by atoms with E-state index in [9.17, 15) is 9.90 Å². The zero-order valence-electron chi connectivity index (χ0n) is 22.5. The third-order valence-electron chi connectivity index (χ3n) is 6.55. The number of amides is 1. The summed E-state index contributed by atoms with van der Waals surface area (Å²) in [7, 11) is 1.85. The third-order valence-corrected chi connectivity index (χ3v) is 8.25. The number of ether oxygens (including phenoxy) is 4. The second kappa shape index (κ2) is 13.0. The second-order valence-corrected chi connectivity index (χ2v) is 16.0. The van der Waals surface area contributed by atoms with Gasteiger partial charge in [-0.3, -0.25) is 4.79 Å². The Labute approximate surface area is 215 Å². The number of hydrogen-bond donors (Lipinski definition) is 2. The van der Waals surface area contributed by atoms with Crippen LogP contribution in [0, 0.1) is 5.92 Å². The van der Waals surface area contributed by atoms with Crippen LogP contribution in [-0.2, 0) is 30.5 Å². The zero-order valence-corrected chi connectivity index (χ0v) is 23.5. The molecule has 0 radical (unpaired) electrons. The van der Waals surface area contributed by atoms with Crippen LogP contribution in [0.3, 0.4) is 0 Å². The van der Waals surface area contributed by atoms with Crippen LogP contribution in [0.2, 0.25) is 25.7 Å². The van der Waals surface area contributed by atoms with Crippen LogP contribution < -0.4 is 5.32 Å². The minimum atomic E-state index is -1.21. The van der Waals surface area contributed by atoms with Crippen LogP contribution in [0.4, 0.5) is 0 Å². The van der Waals surface area contributed by atoms with Gasteiger partial charge in [-0.25, -0.2) is 0 Å². The van der Waals surface area contributed by atoms with Gasteiger partial charge in [0, 0.05) is 58.6 Å². The van der Waals surface area contributed by atoms with Crippen molar-refractivity contribution < 1.29 is 28.8 Å². The number of carbonyl (C=O) groups excluding carboxylic acids is 1. The predicted molar refractivity (Wildman–Crippen MR) is 144 cm³/mol. The van der Waals surface area contributed by atoms with Gasteiger partial charge in [0.25, 0.3) is 0 Å². The smallest absolute Gasteiger partial charge is 0.229 e. The van der Waals surface area contributed by atoms with Gasteiger partial charge < -0.3 is 33.9 Å². The summed E-state index contributed by atoms with van der Waals surface area (Å²) in [5, 5.41) is 15.1. The number of para-hydroxylation sites is 1. The quantitative estimate of drug-likeness (QED) is 0.238. The number of hydrogen-bond acceptors (Lipinski definition) is 6. The third kappa shape index (κ3) is 7.27. The van der Waals surface area contributed by atoms with E-state index in [1.165, 1.54) is 14.2 Å². The lowest BCUT2D eigenvalue weighted by atomic mass is 9.83. The average Bonchev–Trinajstić information content (AvgIpc) is 3.20. The van der Waals surface area contributed by atoms with Crippen molar-refractivity contribution in [2.75, 3.05) is 34.0 Å². The number of methoxy groups -OCH3 is 2. The molecule has 1 aromatic heterocycles. The molecule has 1 aliphatic carbocycles. The van der Waals surface area contributed by atoms with Crippen LogP contribution in [0.25, 0.3) is 16.5 Å². The molecule has 9 heteroatoms. The van der Waals surface area contributed by atoms with E-state index in [1.807, 2.05) is 25.1 Å². The van der Waals surface area contributed by atoms with Crippen molar-refractivity contribution in [2.45, 2.75) is 64.3 Å². The standard InChI is InChI=1S/C27H42N2O6Si/c1-7-35-25-16-24(30)20(15-21(25)27(31)28-17-26(32-2)33-3)23-14-19-10-8-9-11-22(19)29(23)18-34-12-13-36(4,5)6/h8-11,14-15,21,24-26,30H,7,12-13,16-18H2,1-6H3,(H,28,31)/t21?,24-,25-/m1/s1. The summed E-state index contributed by atoms with van der Waals surface area (Å²) in [4.78, 5) is 13.2. The van der Waals surface area contributed by atoms with E-state index in [0.717, 1.165) is 22.6 Å². The molecule has 1 aromatic carbocycles. The van der Waals surface area contributed by atoms with Crippen LogP contribution in [0.5, 0.6) is 0 Å². The maximum atomic E-state index is 13.2. The van der Waals surface area contributed by atoms with Gasteiger partial charge in [0.15, 0.2) is 6.29 Å². The minimum Gasteiger partial charge on any atom is -0.388 e. The highest BCUT2D eigenvalue weighted by atomic mass is 28.3. The van der Waals surface area contributed by atoms with Crippen molar-refractivity contribution >= 4 is 30.5 Å². The topological polar surface area (TPSA) is 91.2 Å². The minimum absolute atomic E-state index is 0.189. The molecular formula is C27H42N2O6Si. The number of benzene rings is 1. The molecule has 8 nitrogen and oxygen atoms in total. The number of carbonyl (C=O) groups is 1. The van der Waals surface area contributed by atoms with Crippen molar-refractivity contribution in [2.24, 2.45) is 5.92 Å². The fourth-order valence-corrected chi connectivity index (χ4v) is 5.24. The van der Waals surface area contributed by atoms with Crippen molar-refractivity contribution in [3.8, 4) is 0 Å². The van der Waals surface area contributed by atoms with E-state index in [4.69, 9.17) is 18.9 Å². The SMILES string of the molecule is CCO[C@@H]1C[C@@H](O)C(c2cc3ccccc3n2COCC[Si](C)(C)C)=CC1C(=O)NCC(OC)OC. The molecule has 0 spiro atoms. The van der Waals surface area contributed by atoms with Gasteiger partial charge in [0.1, 0.15) is 6.73 Å². The Morgan fingerprint density at radius 1 is 1.22 bits per heavy atom. The van der Waals surface area contributed by atoms with E-state index in [1.54, 1.807) is 0 Å². The zero-order chi connectivity index (χ0) is 26.3. The van der Waals surface area contributed by atoms with Gasteiger partial charge in [-0.05, 0) is 25.1 Å². The lowest BCUT2D eigenvalue weighted by molar-refractivity contribution is -0.134. The van der Waals surface area contributed by atoms with Crippen molar-refractivity contribution in [1.29, 1.82) is 0 Å². The van der Waals surface area contributed by atoms with Crippen molar-refractivity contribution in [3.05, 3.63) is 42.1 Å². The first-order valence-electron chi connectivity index (χ1n) is 12.7. The Bertz CT molecular complexity index is 1030. The number of nitrogens with zero attached hydrogens (tertiary/aromatic N) is 1. The highest BCUT2D eigenvalue weighted by Crippen LogP contribution is 2.35. The highest BCUT2D eigenvalue weighted by Gasteiger charge is 2.36. The van der Waals surface area contributed by atoms with Crippen LogP contribution in [0.1, 0.15) is 19.0 Å². The predicted octanol–water partition coefficient (Wildman–Crippen LogP) is 3.86. The van der Waals surface area contributed by atoms with Crippen LogP contribution in [0.15, 0.2) is 36.4 Å². The van der Waals surface area contributed by atoms with E-state index >= 15 is 0 Å². The maximum absolute atomic E-state index is 13.2. The Balaban J connectivity index is 1.93. The number of fused-ring (bicyclic) bond motifs is 1. The largest absolute Gasteiger partial charge is 0.388 e. The molecule has 36 heavy (non-hydrogen) atoms. The van der Waals surface area contributed by atoms with Gasteiger partial charge in [-0.1, -0.05) is 43.9 Å². The van der Waals surface area contributed by atoms with Crippen LogP contribution in [-0.4, -0.2) is 76.1 Å². The molecule has 1 aliphatic rings. The van der Waals surface area contributed by atoms with Crippen molar-refractivity contribution in [3.63, 3.8) is 0 Å². The summed E-state index contributed by atoms with van der Waals surface area (Å²) in [5.41, 5.74) is 2.60. The molecular weight excluding hydrogens is 476 g/mol. The fraction of sp³-hybridized carbons (Fsp3) is 0.593. The molecule has 1 unspecified atom stereocenters. The molecule has 2 N–H and O–H groups in total. The van der Waals surface area contributed by atoms with E-state index in [2.05, 4.69) is 47.7 Å². The normalized spacial score (nSPS) is 20.7. The van der Waals surface area contributed by atoms with Crippen LogP contribution >= 0.6 is 0 Å². The molecule has 1 heterocycles.